The van der Waals surface area contributed by atoms with Crippen molar-refractivity contribution >= 4 is 23.0 Å². The van der Waals surface area contributed by atoms with E-state index in [4.69, 9.17) is 10.2 Å². The molecular formula is C12H12N2O4. The van der Waals surface area contributed by atoms with E-state index < -0.39 is 17.9 Å². The number of rotatable bonds is 4. The summed E-state index contributed by atoms with van der Waals surface area (Å²) in [5, 5.41) is 17.9. The Morgan fingerprint density at radius 1 is 1.39 bits per heavy atom. The number of H-pyrrole nitrogens is 1. The highest BCUT2D eigenvalue weighted by Gasteiger charge is 2.21. The molecule has 94 valence electrons. The molecule has 0 aliphatic rings. The Balaban J connectivity index is 2.50. The third kappa shape index (κ3) is 2.04. The standard InChI is InChI=1S/C12H12N2O4/c1-2-7(12(17)18)10-13-8-4-3-6(11(15)16)5-9(8)14-10/h3-5,7H,2H2,1H3,(H,13,14)(H,15,16)(H,17,18). The molecule has 0 saturated heterocycles. The van der Waals surface area contributed by atoms with E-state index in [9.17, 15) is 9.59 Å². The van der Waals surface area contributed by atoms with E-state index in [0.29, 0.717) is 23.3 Å². The number of aromatic carboxylic acids is 1. The minimum absolute atomic E-state index is 0.140. The summed E-state index contributed by atoms with van der Waals surface area (Å²) in [4.78, 5) is 28.9. The Labute approximate surface area is 102 Å². The van der Waals surface area contributed by atoms with Gasteiger partial charge >= 0.3 is 11.9 Å². The van der Waals surface area contributed by atoms with Crippen LogP contribution < -0.4 is 0 Å². The van der Waals surface area contributed by atoms with Gasteiger partial charge in [0.1, 0.15) is 11.7 Å². The van der Waals surface area contributed by atoms with E-state index in [1.807, 2.05) is 0 Å². The first kappa shape index (κ1) is 12.1. The number of aromatic amines is 1. The van der Waals surface area contributed by atoms with Gasteiger partial charge in [0.25, 0.3) is 0 Å². The van der Waals surface area contributed by atoms with Crippen molar-refractivity contribution in [2.45, 2.75) is 19.3 Å². The van der Waals surface area contributed by atoms with Crippen molar-refractivity contribution in [3.8, 4) is 0 Å². The molecule has 0 aliphatic heterocycles. The van der Waals surface area contributed by atoms with Crippen LogP contribution in [0.3, 0.4) is 0 Å². The lowest BCUT2D eigenvalue weighted by atomic mass is 10.1. The molecule has 18 heavy (non-hydrogen) atoms. The Kier molecular flexibility index (Phi) is 3.01. The molecule has 0 aliphatic carbocycles. The van der Waals surface area contributed by atoms with Crippen LogP contribution in [0.15, 0.2) is 18.2 Å². The molecule has 0 saturated carbocycles. The number of hydrogen-bond acceptors (Lipinski definition) is 3. The van der Waals surface area contributed by atoms with Gasteiger partial charge in [-0.05, 0) is 24.6 Å². The van der Waals surface area contributed by atoms with Gasteiger partial charge in [0.05, 0.1) is 16.6 Å². The number of benzene rings is 1. The lowest BCUT2D eigenvalue weighted by Gasteiger charge is -2.04. The summed E-state index contributed by atoms with van der Waals surface area (Å²) in [5.74, 6) is -2.33. The zero-order valence-corrected chi connectivity index (χ0v) is 9.67. The first-order valence-corrected chi connectivity index (χ1v) is 5.48. The quantitative estimate of drug-likeness (QED) is 0.765. The van der Waals surface area contributed by atoms with Crippen LogP contribution in [0.4, 0.5) is 0 Å². The van der Waals surface area contributed by atoms with Crippen LogP contribution in [0.1, 0.15) is 35.4 Å². The summed E-state index contributed by atoms with van der Waals surface area (Å²) in [6.07, 6.45) is 0.418. The highest BCUT2D eigenvalue weighted by atomic mass is 16.4. The molecule has 1 atom stereocenters. The number of aliphatic carboxylic acids is 1. The van der Waals surface area contributed by atoms with Crippen LogP contribution in [0, 0.1) is 0 Å². The zero-order valence-electron chi connectivity index (χ0n) is 9.67. The maximum absolute atomic E-state index is 11.0. The minimum atomic E-state index is -1.03. The summed E-state index contributed by atoms with van der Waals surface area (Å²) in [6.45, 7) is 1.76. The SMILES string of the molecule is CCC(C(=O)O)c1nc2ccc(C(=O)O)cc2[nH]1. The topological polar surface area (TPSA) is 103 Å². The van der Waals surface area contributed by atoms with E-state index in [0.717, 1.165) is 0 Å². The number of hydrogen-bond donors (Lipinski definition) is 3. The van der Waals surface area contributed by atoms with Crippen LogP contribution in [0.2, 0.25) is 0 Å². The van der Waals surface area contributed by atoms with Crippen LogP contribution in [-0.4, -0.2) is 32.1 Å². The number of carbonyl (C=O) groups is 2. The molecule has 6 nitrogen and oxygen atoms in total. The molecule has 1 aromatic carbocycles. The summed E-state index contributed by atoms with van der Waals surface area (Å²) < 4.78 is 0. The van der Waals surface area contributed by atoms with Crippen molar-refractivity contribution < 1.29 is 19.8 Å². The fraction of sp³-hybridized carbons (Fsp3) is 0.250. The van der Waals surface area contributed by atoms with Gasteiger partial charge in [0.15, 0.2) is 0 Å². The minimum Gasteiger partial charge on any atom is -0.481 e. The normalized spacial score (nSPS) is 12.5. The van der Waals surface area contributed by atoms with Gasteiger partial charge in [-0.15, -0.1) is 0 Å². The fourth-order valence-corrected chi connectivity index (χ4v) is 1.81. The Bertz CT molecular complexity index is 618. The number of imidazole rings is 1. The fourth-order valence-electron chi connectivity index (χ4n) is 1.81. The molecule has 1 heterocycles. The molecule has 0 spiro atoms. The van der Waals surface area contributed by atoms with Crippen LogP contribution in [0.5, 0.6) is 0 Å². The molecule has 2 rings (SSSR count). The van der Waals surface area contributed by atoms with E-state index in [-0.39, 0.29) is 5.56 Å². The number of nitrogens with zero attached hydrogens (tertiary/aromatic N) is 1. The Morgan fingerprint density at radius 2 is 2.11 bits per heavy atom. The van der Waals surface area contributed by atoms with E-state index >= 15 is 0 Å². The van der Waals surface area contributed by atoms with Crippen LogP contribution in [0.25, 0.3) is 11.0 Å². The van der Waals surface area contributed by atoms with Crippen molar-refractivity contribution in [2.24, 2.45) is 0 Å². The number of carboxylic acids is 2. The summed E-state index contributed by atoms with van der Waals surface area (Å²) in [6, 6.07) is 4.45. The molecular weight excluding hydrogens is 236 g/mol. The van der Waals surface area contributed by atoms with E-state index in [1.54, 1.807) is 13.0 Å². The molecule has 0 bridgehead atoms. The summed E-state index contributed by atoms with van der Waals surface area (Å²) >= 11 is 0. The second-order valence-corrected chi connectivity index (χ2v) is 3.96. The second-order valence-electron chi connectivity index (χ2n) is 3.96. The van der Waals surface area contributed by atoms with Crippen molar-refractivity contribution in [1.82, 2.24) is 9.97 Å². The number of nitrogens with one attached hydrogen (secondary N) is 1. The monoisotopic (exact) mass is 248 g/mol. The van der Waals surface area contributed by atoms with Gasteiger partial charge < -0.3 is 15.2 Å². The molecule has 6 heteroatoms. The lowest BCUT2D eigenvalue weighted by molar-refractivity contribution is -0.139. The first-order valence-electron chi connectivity index (χ1n) is 5.48. The largest absolute Gasteiger partial charge is 0.481 e. The van der Waals surface area contributed by atoms with E-state index in [1.165, 1.54) is 12.1 Å². The third-order valence-corrected chi connectivity index (χ3v) is 2.78. The molecule has 1 aromatic heterocycles. The van der Waals surface area contributed by atoms with Gasteiger partial charge in [0.2, 0.25) is 0 Å². The molecule has 3 N–H and O–H groups in total. The maximum Gasteiger partial charge on any atom is 0.335 e. The van der Waals surface area contributed by atoms with Crippen molar-refractivity contribution in [3.63, 3.8) is 0 Å². The predicted molar refractivity (Wildman–Crippen MR) is 63.7 cm³/mol. The van der Waals surface area contributed by atoms with Gasteiger partial charge in [0, 0.05) is 0 Å². The molecule has 2 aromatic rings. The molecule has 1 unspecified atom stereocenters. The smallest absolute Gasteiger partial charge is 0.335 e. The van der Waals surface area contributed by atoms with Gasteiger partial charge in [-0.3, -0.25) is 4.79 Å². The second kappa shape index (κ2) is 4.48. The highest BCUT2D eigenvalue weighted by molar-refractivity contribution is 5.92. The average Bonchev–Trinajstić information content (AvgIpc) is 2.71. The third-order valence-electron chi connectivity index (χ3n) is 2.78. The number of aromatic nitrogens is 2. The van der Waals surface area contributed by atoms with Crippen molar-refractivity contribution in [2.75, 3.05) is 0 Å². The van der Waals surface area contributed by atoms with Crippen molar-refractivity contribution in [3.05, 3.63) is 29.6 Å². The van der Waals surface area contributed by atoms with Crippen LogP contribution in [-0.2, 0) is 4.79 Å². The van der Waals surface area contributed by atoms with Crippen LogP contribution >= 0.6 is 0 Å². The van der Waals surface area contributed by atoms with E-state index in [2.05, 4.69) is 9.97 Å². The maximum atomic E-state index is 11.0. The van der Waals surface area contributed by atoms with Gasteiger partial charge in [-0.2, -0.15) is 0 Å². The molecule has 0 radical (unpaired) electrons. The predicted octanol–water partition coefficient (Wildman–Crippen LogP) is 1.84. The summed E-state index contributed by atoms with van der Waals surface area (Å²) in [7, 11) is 0. The zero-order chi connectivity index (χ0) is 13.3. The summed E-state index contributed by atoms with van der Waals surface area (Å²) in [5.41, 5.74) is 1.24. The Hall–Kier alpha value is -2.37. The van der Waals surface area contributed by atoms with Gasteiger partial charge in [-0.1, -0.05) is 6.92 Å². The number of carboxylic acid groups (broad SMARTS) is 2. The average molecular weight is 248 g/mol. The molecule has 0 fully saturated rings. The van der Waals surface area contributed by atoms with Gasteiger partial charge in [-0.25, -0.2) is 9.78 Å². The number of fused-ring (bicyclic) bond motifs is 1. The van der Waals surface area contributed by atoms with Crippen molar-refractivity contribution in [1.29, 1.82) is 0 Å². The molecule has 0 amide bonds. The first-order chi connectivity index (χ1) is 8.52. The Morgan fingerprint density at radius 3 is 2.67 bits per heavy atom. The highest BCUT2D eigenvalue weighted by Crippen LogP contribution is 2.21. The lowest BCUT2D eigenvalue weighted by Crippen LogP contribution is -2.11.